The number of hydrogen-bond acceptors (Lipinski definition) is 9. The average molecular weight is 558 g/mol. The van der Waals surface area contributed by atoms with Crippen molar-refractivity contribution >= 4 is 23.4 Å². The van der Waals surface area contributed by atoms with E-state index in [-0.39, 0.29) is 28.9 Å². The van der Waals surface area contributed by atoms with Crippen molar-refractivity contribution in [1.29, 1.82) is 0 Å². The first kappa shape index (κ1) is 28.7. The minimum atomic E-state index is -0.867. The Morgan fingerprint density at radius 1 is 0.950 bits per heavy atom. The minimum absolute atomic E-state index is 0.151. The summed E-state index contributed by atoms with van der Waals surface area (Å²) in [4.78, 5) is 24.7. The Kier molecular flexibility index (Phi) is 8.76. The molecule has 0 atom stereocenters. The molecule has 0 spiro atoms. The van der Waals surface area contributed by atoms with Crippen molar-refractivity contribution in [2.24, 2.45) is 0 Å². The Labute approximate surface area is 231 Å². The summed E-state index contributed by atoms with van der Waals surface area (Å²) in [5.41, 5.74) is 0.966. The van der Waals surface area contributed by atoms with Crippen LogP contribution >= 0.6 is 0 Å². The van der Waals surface area contributed by atoms with Gasteiger partial charge in [-0.1, -0.05) is 0 Å². The van der Waals surface area contributed by atoms with Gasteiger partial charge in [-0.15, -0.1) is 0 Å². The SMILES string of the molecule is COc1cc(OC)c(F)c(COc2cnc(Nc3ccc(N4CCN(C(=O)OC(C)(C)C)CC4)cc3)nc2)c1F. The monoisotopic (exact) mass is 557 g/mol. The second-order valence-corrected chi connectivity index (χ2v) is 10.0. The van der Waals surface area contributed by atoms with Gasteiger partial charge in [0.2, 0.25) is 5.95 Å². The van der Waals surface area contributed by atoms with Crippen molar-refractivity contribution < 1.29 is 32.5 Å². The fourth-order valence-electron chi connectivity index (χ4n) is 4.03. The van der Waals surface area contributed by atoms with Gasteiger partial charge in [-0.25, -0.2) is 23.5 Å². The van der Waals surface area contributed by atoms with Crippen molar-refractivity contribution in [3.8, 4) is 17.2 Å². The Balaban J connectivity index is 1.30. The van der Waals surface area contributed by atoms with E-state index < -0.39 is 23.8 Å². The summed E-state index contributed by atoms with van der Waals surface area (Å²) in [6, 6.07) is 8.91. The van der Waals surface area contributed by atoms with Crippen molar-refractivity contribution in [1.82, 2.24) is 14.9 Å². The fourth-order valence-corrected chi connectivity index (χ4v) is 4.03. The number of rotatable bonds is 8. The topological polar surface area (TPSA) is 98.3 Å². The molecule has 1 aliphatic heterocycles. The predicted octanol–water partition coefficient (Wildman–Crippen LogP) is 5.15. The van der Waals surface area contributed by atoms with Gasteiger partial charge in [-0.3, -0.25) is 0 Å². The second kappa shape index (κ2) is 12.2. The molecule has 0 radical (unpaired) electrons. The molecule has 1 aromatic heterocycles. The summed E-state index contributed by atoms with van der Waals surface area (Å²) in [7, 11) is 2.56. The molecule has 3 aromatic rings. The molecular weight excluding hydrogens is 524 g/mol. The van der Waals surface area contributed by atoms with Gasteiger partial charge in [0.15, 0.2) is 28.9 Å². The largest absolute Gasteiger partial charge is 0.494 e. The van der Waals surface area contributed by atoms with Crippen LogP contribution in [-0.4, -0.2) is 67.0 Å². The Morgan fingerprint density at radius 3 is 2.05 bits per heavy atom. The van der Waals surface area contributed by atoms with E-state index in [1.54, 1.807) is 4.90 Å². The first-order valence-electron chi connectivity index (χ1n) is 12.7. The number of anilines is 3. The van der Waals surface area contributed by atoms with Gasteiger partial charge in [0.1, 0.15) is 12.2 Å². The second-order valence-electron chi connectivity index (χ2n) is 10.0. The van der Waals surface area contributed by atoms with Crippen LogP contribution in [-0.2, 0) is 11.3 Å². The third kappa shape index (κ3) is 6.99. The summed E-state index contributed by atoms with van der Waals surface area (Å²) in [6.07, 6.45) is 2.52. The number of halogens is 2. The highest BCUT2D eigenvalue weighted by molar-refractivity contribution is 5.69. The van der Waals surface area contributed by atoms with Crippen molar-refractivity contribution in [3.63, 3.8) is 0 Å². The Morgan fingerprint density at radius 2 is 1.52 bits per heavy atom. The van der Waals surface area contributed by atoms with E-state index >= 15 is 0 Å². The van der Waals surface area contributed by atoms with Crippen molar-refractivity contribution in [3.05, 3.63) is 59.9 Å². The first-order chi connectivity index (χ1) is 19.1. The lowest BCUT2D eigenvalue weighted by molar-refractivity contribution is 0.0240. The van der Waals surface area contributed by atoms with Gasteiger partial charge < -0.3 is 34.1 Å². The van der Waals surface area contributed by atoms with Gasteiger partial charge in [0, 0.05) is 43.6 Å². The van der Waals surface area contributed by atoms with E-state index in [2.05, 4.69) is 20.2 Å². The van der Waals surface area contributed by atoms with Crippen LogP contribution in [0.4, 0.5) is 30.9 Å². The molecule has 1 saturated heterocycles. The molecule has 0 aliphatic carbocycles. The van der Waals surface area contributed by atoms with Gasteiger partial charge in [-0.05, 0) is 45.0 Å². The highest BCUT2D eigenvalue weighted by Gasteiger charge is 2.26. The molecular formula is C28H33F2N5O5. The lowest BCUT2D eigenvalue weighted by Gasteiger charge is -2.36. The van der Waals surface area contributed by atoms with Crippen LogP contribution in [0, 0.1) is 11.6 Å². The predicted molar refractivity (Wildman–Crippen MR) is 146 cm³/mol. The zero-order valence-corrected chi connectivity index (χ0v) is 23.2. The maximum atomic E-state index is 14.5. The zero-order valence-electron chi connectivity index (χ0n) is 23.2. The van der Waals surface area contributed by atoms with Crippen LogP contribution in [0.2, 0.25) is 0 Å². The van der Waals surface area contributed by atoms with Crippen LogP contribution in [0.5, 0.6) is 17.2 Å². The van der Waals surface area contributed by atoms with Gasteiger partial charge in [0.05, 0.1) is 32.2 Å². The summed E-state index contributed by atoms with van der Waals surface area (Å²) in [5, 5.41) is 3.11. The third-order valence-corrected chi connectivity index (χ3v) is 6.10. The van der Waals surface area contributed by atoms with E-state index in [0.717, 1.165) is 17.4 Å². The van der Waals surface area contributed by atoms with Crippen molar-refractivity contribution in [2.75, 3.05) is 50.6 Å². The molecule has 10 nitrogen and oxygen atoms in total. The maximum absolute atomic E-state index is 14.5. The Hall–Kier alpha value is -4.35. The first-order valence-corrected chi connectivity index (χ1v) is 12.7. The number of carbonyl (C=O) groups excluding carboxylic acids is 1. The lowest BCUT2D eigenvalue weighted by Crippen LogP contribution is -2.50. The van der Waals surface area contributed by atoms with Gasteiger partial charge in [0.25, 0.3) is 0 Å². The average Bonchev–Trinajstić information content (AvgIpc) is 2.93. The van der Waals surface area contributed by atoms with Crippen LogP contribution in [0.1, 0.15) is 26.3 Å². The molecule has 1 amide bonds. The minimum Gasteiger partial charge on any atom is -0.494 e. The van der Waals surface area contributed by atoms with E-state index in [1.807, 2.05) is 45.0 Å². The van der Waals surface area contributed by atoms with Gasteiger partial charge in [-0.2, -0.15) is 0 Å². The molecule has 0 bridgehead atoms. The molecule has 1 N–H and O–H groups in total. The summed E-state index contributed by atoms with van der Waals surface area (Å²) in [6.45, 7) is 7.74. The lowest BCUT2D eigenvalue weighted by atomic mass is 10.1. The number of nitrogens with one attached hydrogen (secondary N) is 1. The summed E-state index contributed by atoms with van der Waals surface area (Å²) >= 11 is 0. The van der Waals surface area contributed by atoms with E-state index in [4.69, 9.17) is 18.9 Å². The molecule has 40 heavy (non-hydrogen) atoms. The number of methoxy groups -OCH3 is 2. The number of benzene rings is 2. The van der Waals surface area contributed by atoms with Crippen molar-refractivity contribution in [2.45, 2.75) is 33.0 Å². The summed E-state index contributed by atoms with van der Waals surface area (Å²) in [5.74, 6) is -1.48. The molecule has 1 fully saturated rings. The molecule has 2 aromatic carbocycles. The van der Waals surface area contributed by atoms with E-state index in [1.165, 1.54) is 26.6 Å². The highest BCUT2D eigenvalue weighted by atomic mass is 19.1. The highest BCUT2D eigenvalue weighted by Crippen LogP contribution is 2.32. The number of ether oxygens (including phenoxy) is 4. The Bertz CT molecular complexity index is 1280. The smallest absolute Gasteiger partial charge is 0.410 e. The van der Waals surface area contributed by atoms with Crippen LogP contribution in [0.15, 0.2) is 42.7 Å². The maximum Gasteiger partial charge on any atom is 0.410 e. The quantitative estimate of drug-likeness (QED) is 0.403. The third-order valence-electron chi connectivity index (χ3n) is 6.10. The number of carbonyl (C=O) groups is 1. The number of amides is 1. The zero-order chi connectivity index (χ0) is 28.9. The molecule has 1 aliphatic rings. The van der Waals surface area contributed by atoms with E-state index in [9.17, 15) is 13.6 Å². The number of aromatic nitrogens is 2. The molecule has 4 rings (SSSR count). The molecule has 0 unspecified atom stereocenters. The van der Waals surface area contributed by atoms with Crippen LogP contribution < -0.4 is 24.4 Å². The van der Waals surface area contributed by atoms with E-state index in [0.29, 0.717) is 32.1 Å². The molecule has 12 heteroatoms. The molecule has 0 saturated carbocycles. The number of piperazine rings is 1. The van der Waals surface area contributed by atoms with Crippen LogP contribution in [0.25, 0.3) is 0 Å². The number of nitrogens with zero attached hydrogens (tertiary/aromatic N) is 4. The van der Waals surface area contributed by atoms with Gasteiger partial charge >= 0.3 is 6.09 Å². The summed E-state index contributed by atoms with van der Waals surface area (Å²) < 4.78 is 49.9. The number of hydrogen-bond donors (Lipinski definition) is 1. The standard InChI is InChI=1S/C28H33F2N5O5/c1-28(2,3)40-27(36)35-12-10-34(11-13-35)19-8-6-18(7-9-19)33-26-31-15-20(16-32-26)39-17-21-24(29)22(37-4)14-23(38-5)25(21)30/h6-9,14-16H,10-13,17H2,1-5H3,(H,31,32,33). The van der Waals surface area contributed by atoms with Crippen LogP contribution in [0.3, 0.4) is 0 Å². The molecule has 214 valence electrons. The normalized spacial score (nSPS) is 13.6. The fraction of sp³-hybridized carbons (Fsp3) is 0.393. The molecule has 2 heterocycles.